The van der Waals surface area contributed by atoms with Crippen LogP contribution in [-0.4, -0.2) is 16.8 Å². The fourth-order valence-electron chi connectivity index (χ4n) is 0.666. The summed E-state index contributed by atoms with van der Waals surface area (Å²) in [7, 11) is 3.66. The summed E-state index contributed by atoms with van der Waals surface area (Å²) < 4.78 is 1.68. The van der Waals surface area contributed by atoms with Crippen LogP contribution in [0.5, 0.6) is 0 Å². The molecular weight excluding hydrogens is 138 g/mol. The lowest BCUT2D eigenvalue weighted by molar-refractivity contribution is 0.775. The molecule has 0 aliphatic rings. The van der Waals surface area contributed by atoms with E-state index in [1.807, 2.05) is 14.1 Å². The topological polar surface area (TPSA) is 29.9 Å². The second kappa shape index (κ2) is 2.27. The number of aromatic nitrogens is 2. The number of hydrogen-bond donors (Lipinski definition) is 1. The van der Waals surface area contributed by atoms with Crippen LogP contribution in [-0.2, 0) is 7.05 Å². The van der Waals surface area contributed by atoms with Crippen LogP contribution in [0.3, 0.4) is 0 Å². The third kappa shape index (κ3) is 1.16. The first-order valence-electron chi connectivity index (χ1n) is 2.61. The van der Waals surface area contributed by atoms with Gasteiger partial charge in [-0.15, -0.1) is 0 Å². The van der Waals surface area contributed by atoms with Crippen LogP contribution in [0.25, 0.3) is 0 Å². The molecule has 0 aliphatic carbocycles. The van der Waals surface area contributed by atoms with Crippen molar-refractivity contribution in [3.8, 4) is 0 Å². The standard InChI is InChI=1S/C5H8ClN3/c1-7-5-3-4(6)8-9(5)2/h3,7H,1-2H3. The number of hydrogen-bond acceptors (Lipinski definition) is 2. The molecule has 0 saturated heterocycles. The first kappa shape index (κ1) is 6.42. The van der Waals surface area contributed by atoms with Gasteiger partial charge in [-0.25, -0.2) is 0 Å². The lowest BCUT2D eigenvalue weighted by Gasteiger charge is -1.95. The van der Waals surface area contributed by atoms with Gasteiger partial charge >= 0.3 is 0 Å². The summed E-state index contributed by atoms with van der Waals surface area (Å²) in [4.78, 5) is 0. The van der Waals surface area contributed by atoms with Crippen molar-refractivity contribution in [2.75, 3.05) is 12.4 Å². The van der Waals surface area contributed by atoms with E-state index in [2.05, 4.69) is 10.4 Å². The molecule has 0 fully saturated rings. The molecule has 0 unspecified atom stereocenters. The number of anilines is 1. The number of nitrogens with one attached hydrogen (secondary N) is 1. The molecule has 0 radical (unpaired) electrons. The van der Waals surface area contributed by atoms with Gasteiger partial charge in [-0.05, 0) is 0 Å². The van der Waals surface area contributed by atoms with Gasteiger partial charge in [-0.2, -0.15) is 5.10 Å². The third-order valence-corrected chi connectivity index (χ3v) is 1.29. The van der Waals surface area contributed by atoms with Gasteiger partial charge in [0.15, 0.2) is 5.15 Å². The molecule has 0 aromatic carbocycles. The van der Waals surface area contributed by atoms with Crippen molar-refractivity contribution in [1.29, 1.82) is 0 Å². The Balaban J connectivity index is 3.01. The van der Waals surface area contributed by atoms with Crippen LogP contribution in [0.4, 0.5) is 5.82 Å². The Hall–Kier alpha value is -0.700. The highest BCUT2D eigenvalue weighted by Crippen LogP contribution is 2.11. The summed E-state index contributed by atoms with van der Waals surface area (Å²) in [6.45, 7) is 0. The molecule has 1 N–H and O–H groups in total. The maximum atomic E-state index is 5.57. The molecular formula is C5H8ClN3. The van der Waals surface area contributed by atoms with Crippen molar-refractivity contribution < 1.29 is 0 Å². The van der Waals surface area contributed by atoms with E-state index in [-0.39, 0.29) is 0 Å². The van der Waals surface area contributed by atoms with Crippen LogP contribution in [0.2, 0.25) is 5.15 Å². The molecule has 0 saturated carbocycles. The fourth-order valence-corrected chi connectivity index (χ4v) is 0.883. The Kier molecular flexibility index (Phi) is 1.62. The summed E-state index contributed by atoms with van der Waals surface area (Å²) >= 11 is 5.57. The van der Waals surface area contributed by atoms with Crippen LogP contribution in [0.1, 0.15) is 0 Å². The summed E-state index contributed by atoms with van der Waals surface area (Å²) in [5.74, 6) is 0.917. The second-order valence-corrected chi connectivity index (χ2v) is 2.11. The van der Waals surface area contributed by atoms with E-state index < -0.39 is 0 Å². The molecule has 0 atom stereocenters. The molecule has 0 aliphatic heterocycles. The molecule has 1 heterocycles. The van der Waals surface area contributed by atoms with Gasteiger partial charge in [-0.1, -0.05) is 11.6 Å². The minimum absolute atomic E-state index is 0.516. The van der Waals surface area contributed by atoms with E-state index in [9.17, 15) is 0 Å². The fraction of sp³-hybridized carbons (Fsp3) is 0.400. The summed E-state index contributed by atoms with van der Waals surface area (Å²) in [5.41, 5.74) is 0. The average Bonchev–Trinajstić information content (AvgIpc) is 2.10. The van der Waals surface area contributed by atoms with Gasteiger partial charge in [0.05, 0.1) is 0 Å². The van der Waals surface area contributed by atoms with Crippen LogP contribution >= 0.6 is 11.6 Å². The minimum atomic E-state index is 0.516. The van der Waals surface area contributed by atoms with E-state index >= 15 is 0 Å². The van der Waals surface area contributed by atoms with Gasteiger partial charge in [-0.3, -0.25) is 4.68 Å². The molecule has 50 valence electrons. The lowest BCUT2D eigenvalue weighted by Crippen LogP contribution is -1.97. The van der Waals surface area contributed by atoms with E-state index in [1.165, 1.54) is 0 Å². The monoisotopic (exact) mass is 145 g/mol. The average molecular weight is 146 g/mol. The molecule has 4 heteroatoms. The van der Waals surface area contributed by atoms with Crippen molar-refractivity contribution in [2.45, 2.75) is 0 Å². The highest BCUT2D eigenvalue weighted by Gasteiger charge is 1.97. The van der Waals surface area contributed by atoms with Crippen LogP contribution in [0, 0.1) is 0 Å². The first-order chi connectivity index (χ1) is 4.24. The first-order valence-corrected chi connectivity index (χ1v) is 2.99. The minimum Gasteiger partial charge on any atom is -0.373 e. The summed E-state index contributed by atoms with van der Waals surface area (Å²) in [6, 6.07) is 1.77. The normalized spacial score (nSPS) is 9.67. The molecule has 9 heavy (non-hydrogen) atoms. The maximum absolute atomic E-state index is 5.57. The Labute approximate surface area is 58.6 Å². The zero-order valence-electron chi connectivity index (χ0n) is 5.35. The van der Waals surface area contributed by atoms with Gasteiger partial charge in [0.1, 0.15) is 5.82 Å². The summed E-state index contributed by atoms with van der Waals surface area (Å²) in [6.07, 6.45) is 0. The highest BCUT2D eigenvalue weighted by molar-refractivity contribution is 6.29. The van der Waals surface area contributed by atoms with Crippen molar-refractivity contribution in [1.82, 2.24) is 9.78 Å². The zero-order valence-corrected chi connectivity index (χ0v) is 6.11. The summed E-state index contributed by atoms with van der Waals surface area (Å²) in [5, 5.41) is 7.35. The molecule has 0 amide bonds. The van der Waals surface area contributed by atoms with E-state index in [1.54, 1.807) is 10.7 Å². The maximum Gasteiger partial charge on any atom is 0.153 e. The van der Waals surface area contributed by atoms with Gasteiger partial charge in [0, 0.05) is 20.2 Å². The van der Waals surface area contributed by atoms with Crippen LogP contribution in [0.15, 0.2) is 6.07 Å². The smallest absolute Gasteiger partial charge is 0.153 e. The Morgan fingerprint density at radius 2 is 2.44 bits per heavy atom. The number of halogens is 1. The lowest BCUT2D eigenvalue weighted by atomic mass is 10.6. The van der Waals surface area contributed by atoms with Crippen molar-refractivity contribution >= 4 is 17.4 Å². The molecule has 3 nitrogen and oxygen atoms in total. The molecule has 1 rings (SSSR count). The third-order valence-electron chi connectivity index (χ3n) is 1.11. The molecule has 1 aromatic heterocycles. The molecule has 1 aromatic rings. The Morgan fingerprint density at radius 1 is 1.78 bits per heavy atom. The Bertz CT molecular complexity index is 206. The van der Waals surface area contributed by atoms with Crippen molar-refractivity contribution in [2.24, 2.45) is 7.05 Å². The zero-order chi connectivity index (χ0) is 6.85. The largest absolute Gasteiger partial charge is 0.373 e. The molecule has 0 spiro atoms. The highest BCUT2D eigenvalue weighted by atomic mass is 35.5. The van der Waals surface area contributed by atoms with E-state index in [0.717, 1.165) is 5.82 Å². The SMILES string of the molecule is CNc1cc(Cl)nn1C. The number of rotatable bonds is 1. The van der Waals surface area contributed by atoms with Gasteiger partial charge in [0.2, 0.25) is 0 Å². The number of nitrogens with zero attached hydrogens (tertiary/aromatic N) is 2. The predicted molar refractivity (Wildman–Crippen MR) is 37.8 cm³/mol. The van der Waals surface area contributed by atoms with Crippen molar-refractivity contribution in [3.63, 3.8) is 0 Å². The van der Waals surface area contributed by atoms with Crippen molar-refractivity contribution in [3.05, 3.63) is 11.2 Å². The molecule has 0 bridgehead atoms. The van der Waals surface area contributed by atoms with E-state index in [0.29, 0.717) is 5.15 Å². The predicted octanol–water partition coefficient (Wildman–Crippen LogP) is 1.12. The second-order valence-electron chi connectivity index (χ2n) is 1.73. The van der Waals surface area contributed by atoms with E-state index in [4.69, 9.17) is 11.6 Å². The quantitative estimate of drug-likeness (QED) is 0.642. The van der Waals surface area contributed by atoms with Gasteiger partial charge in [0.25, 0.3) is 0 Å². The van der Waals surface area contributed by atoms with Crippen LogP contribution < -0.4 is 5.32 Å². The van der Waals surface area contributed by atoms with Gasteiger partial charge < -0.3 is 5.32 Å². The Morgan fingerprint density at radius 3 is 2.67 bits per heavy atom. The number of aryl methyl sites for hydroxylation is 1.